The van der Waals surface area contributed by atoms with Crippen LogP contribution in [0.2, 0.25) is 0 Å². The first-order valence-corrected chi connectivity index (χ1v) is 35.3. The van der Waals surface area contributed by atoms with Crippen molar-refractivity contribution in [1.82, 2.24) is 10.6 Å². The number of rotatable bonds is 32. The van der Waals surface area contributed by atoms with E-state index in [1.54, 1.807) is 56.3 Å². The van der Waals surface area contributed by atoms with Crippen LogP contribution in [0.3, 0.4) is 0 Å². The van der Waals surface area contributed by atoms with Gasteiger partial charge in [-0.15, -0.1) is 0 Å². The van der Waals surface area contributed by atoms with E-state index in [2.05, 4.69) is 143 Å². The molecule has 0 radical (unpaired) electrons. The first-order valence-electron chi connectivity index (χ1n) is 35.3. The van der Waals surface area contributed by atoms with Crippen molar-refractivity contribution in [3.8, 4) is 35.5 Å². The minimum Gasteiger partial charge on any atom is -0.489 e. The summed E-state index contributed by atoms with van der Waals surface area (Å²) in [5.74, 6) is 1.95. The monoisotopic (exact) mass is 1430 g/mol. The number of carbonyl (C=O) groups excluding carboxylic acids is 2. The van der Waals surface area contributed by atoms with Gasteiger partial charge in [0.25, 0.3) is 0 Å². The average Bonchev–Trinajstić information content (AvgIpc) is 1.66. The lowest BCUT2D eigenvalue weighted by Crippen LogP contribution is -2.46. The van der Waals surface area contributed by atoms with Crippen molar-refractivity contribution in [3.63, 3.8) is 0 Å². The molecule has 1 aliphatic heterocycles. The van der Waals surface area contributed by atoms with Crippen molar-refractivity contribution in [2.24, 2.45) is 23.5 Å². The standard InChI is InChI=1S/C28H36N2O4.C26H32N2O4.C15H17NO4.C13H19N.4CH4/c1-4-33-27(32)12-10-20-9-11-24(17-29)26(15-20)34-19-25(31)18-30-28(2,3)16-21-13-22-7-5-6-8-23(22)14-21;1-26(2,14-19-11-20-5-3-4-6-21(20)12-19)28-16-23(29)17-32-24-13-18(8-10-25(30)31)7-9-22(24)15-27;1-2-18-15(17)6-4-11-3-5-12(8-16)14(7-11)20-10-13-9-19-13;1-13(2,14)9-10-7-11-5-3-4-6-12(11)8-10;;;;/h5-9,11,15,21,25,30-31H,4,10,12-14,16,18-19H2,1-3H3;3-7,9,13,19,23,28-29H,8,10-12,14,16-17H2,1-2H3,(H,30,31);3,5,7,13H,2,4,6,9-10H2,1H3;3-6,10H,7-9,14H2,1-2H3;4*1H4. The number of β-amino-alcohol motifs (C(OH)–C–C–N with tert-alkyl or cyclic N) is 2. The van der Waals surface area contributed by atoms with Crippen molar-refractivity contribution < 1.29 is 58.1 Å². The van der Waals surface area contributed by atoms with Crippen LogP contribution >= 0.6 is 0 Å². The van der Waals surface area contributed by atoms with E-state index < -0.39 is 18.2 Å². The number of aryl methyl sites for hydroxylation is 3. The summed E-state index contributed by atoms with van der Waals surface area (Å²) in [6, 6.07) is 48.0. The summed E-state index contributed by atoms with van der Waals surface area (Å²) in [5.41, 5.74) is 18.5. The van der Waals surface area contributed by atoms with Gasteiger partial charge in [-0.1, -0.05) is 121 Å². The zero-order valence-corrected chi connectivity index (χ0v) is 59.8. The Morgan fingerprint density at radius 1 is 0.510 bits per heavy atom. The van der Waals surface area contributed by atoms with Crippen LogP contribution in [-0.4, -0.2) is 121 Å². The lowest BCUT2D eigenvalue weighted by Gasteiger charge is -2.30. The number of epoxide rings is 1. The second-order valence-corrected chi connectivity index (χ2v) is 28.8. The number of carboxylic acids is 1. The van der Waals surface area contributed by atoms with Gasteiger partial charge < -0.3 is 60.1 Å². The minimum absolute atomic E-state index is 0. The lowest BCUT2D eigenvalue weighted by atomic mass is 9.88. The minimum atomic E-state index is -0.873. The number of ether oxygens (including phenoxy) is 6. The Balaban J connectivity index is 0.000000372. The van der Waals surface area contributed by atoms with Gasteiger partial charge in [0.05, 0.1) is 36.5 Å². The first-order chi connectivity index (χ1) is 47.8. The van der Waals surface area contributed by atoms with Gasteiger partial charge in [-0.05, 0) is 237 Å². The lowest BCUT2D eigenvalue weighted by molar-refractivity contribution is -0.144. The van der Waals surface area contributed by atoms with E-state index >= 15 is 0 Å². The summed E-state index contributed by atoms with van der Waals surface area (Å²) in [4.78, 5) is 33.7. The number of nitrogens with one attached hydrogen (secondary N) is 2. The number of nitriles is 3. The summed E-state index contributed by atoms with van der Waals surface area (Å²) in [5, 5.41) is 64.5. The van der Waals surface area contributed by atoms with Gasteiger partial charge in [0.2, 0.25) is 0 Å². The molecule has 0 aromatic heterocycles. The molecule has 3 atom stereocenters. The van der Waals surface area contributed by atoms with Crippen molar-refractivity contribution in [2.75, 3.05) is 52.7 Å². The molecule has 1 saturated heterocycles. The number of aliphatic carboxylic acids is 1. The van der Waals surface area contributed by atoms with Crippen LogP contribution in [0.4, 0.5) is 0 Å². The highest BCUT2D eigenvalue weighted by atomic mass is 16.6. The highest BCUT2D eigenvalue weighted by Crippen LogP contribution is 2.35. The second kappa shape index (κ2) is 44.2. The number of nitrogens with two attached hydrogens (primary N) is 1. The van der Waals surface area contributed by atoms with Crippen molar-refractivity contribution >= 4 is 17.9 Å². The molecule has 0 spiro atoms. The molecule has 6 aromatic carbocycles. The van der Waals surface area contributed by atoms with E-state index in [0.717, 1.165) is 67.6 Å². The number of nitrogens with zero attached hydrogens (tertiary/aromatic N) is 3. The number of aliphatic hydroxyl groups is 2. The van der Waals surface area contributed by atoms with Crippen molar-refractivity contribution in [3.05, 3.63) is 194 Å². The number of carbonyl (C=O) groups is 3. The maximum absolute atomic E-state index is 11.6. The highest BCUT2D eigenvalue weighted by molar-refractivity contribution is 5.70. The average molecular weight is 1430 g/mol. The molecule has 1 fully saturated rings. The van der Waals surface area contributed by atoms with Crippen molar-refractivity contribution in [2.45, 2.75) is 216 Å². The topological polar surface area (TPSA) is 292 Å². The molecule has 4 aliphatic rings. The van der Waals surface area contributed by atoms with Crippen LogP contribution in [0.5, 0.6) is 17.2 Å². The molecule has 10 rings (SSSR count). The number of carboxylic acid groups (broad SMARTS) is 1. The van der Waals surface area contributed by atoms with E-state index in [1.807, 2.05) is 12.1 Å². The summed E-state index contributed by atoms with van der Waals surface area (Å²) in [6.45, 7) is 19.3. The van der Waals surface area contributed by atoms with Gasteiger partial charge in [0.1, 0.15) is 73.6 Å². The Kier molecular flexibility index (Phi) is 38.1. The Bertz CT molecular complexity index is 3690. The van der Waals surface area contributed by atoms with Gasteiger partial charge in [0, 0.05) is 49.0 Å². The summed E-state index contributed by atoms with van der Waals surface area (Å²) in [7, 11) is 0. The van der Waals surface area contributed by atoms with E-state index in [-0.39, 0.29) is 90.4 Å². The predicted octanol–water partition coefficient (Wildman–Crippen LogP) is 14.4. The van der Waals surface area contributed by atoms with E-state index in [1.165, 1.54) is 46.2 Å². The zero-order chi connectivity index (χ0) is 72.2. The molecule has 0 bridgehead atoms. The third-order valence-electron chi connectivity index (χ3n) is 18.1. The smallest absolute Gasteiger partial charge is 0.306 e. The third kappa shape index (κ3) is 31.4. The zero-order valence-electron chi connectivity index (χ0n) is 59.8. The fraction of sp³-hybridized carbons (Fsp3) is 0.512. The molecular weight excluding hydrogens is 1310 g/mol. The highest BCUT2D eigenvalue weighted by Gasteiger charge is 2.31. The quantitative estimate of drug-likeness (QED) is 0.0169. The SMILES string of the molecule is C.C.C.C.CC(C)(CC1Cc2ccccc2C1)NCC(O)COc1cc(CCC(=O)O)ccc1C#N.CC(C)(N)CC1Cc2ccccc2C1.CCOC(=O)CCc1ccc(C#N)c(OCC(O)CNC(C)(C)CC2Cc3ccccc3C2)c1.CCOC(=O)CCc1ccc(C#N)c(OCC2CO2)c1. The number of esters is 2. The first kappa shape index (κ1) is 89.6. The number of hydrogen-bond donors (Lipinski definition) is 6. The Morgan fingerprint density at radius 2 is 0.817 bits per heavy atom. The van der Waals surface area contributed by atoms with Crippen molar-refractivity contribution in [1.29, 1.82) is 15.8 Å². The Labute approximate surface area is 621 Å². The molecule has 3 unspecified atom stereocenters. The van der Waals surface area contributed by atoms with Gasteiger partial charge in [-0.25, -0.2) is 0 Å². The summed E-state index contributed by atoms with van der Waals surface area (Å²) in [6.07, 6.45) is 10.8. The maximum atomic E-state index is 11.6. The van der Waals surface area contributed by atoms with Crippen LogP contribution in [0, 0.1) is 51.7 Å². The van der Waals surface area contributed by atoms with E-state index in [4.69, 9.17) is 44.5 Å². The molecular formula is C86H120N6O12. The molecule has 1 heterocycles. The molecule has 104 heavy (non-hydrogen) atoms. The number of aliphatic hydroxyl groups excluding tert-OH is 2. The largest absolute Gasteiger partial charge is 0.489 e. The van der Waals surface area contributed by atoms with Crippen LogP contribution in [-0.2, 0) is 86.4 Å². The normalized spacial score (nSPS) is 14.6. The van der Waals surface area contributed by atoms with Crippen LogP contribution < -0.4 is 30.6 Å². The van der Waals surface area contributed by atoms with Gasteiger partial charge in [0.15, 0.2) is 0 Å². The van der Waals surface area contributed by atoms with Crippen LogP contribution in [0.15, 0.2) is 127 Å². The number of hydrogen-bond acceptors (Lipinski definition) is 17. The van der Waals surface area contributed by atoms with Gasteiger partial charge >= 0.3 is 17.9 Å². The molecule has 566 valence electrons. The predicted molar refractivity (Wildman–Crippen MR) is 413 cm³/mol. The fourth-order valence-corrected chi connectivity index (χ4v) is 13.4. The van der Waals surface area contributed by atoms with Crippen LogP contribution in [0.1, 0.15) is 190 Å². The molecule has 0 amide bonds. The maximum Gasteiger partial charge on any atom is 0.306 e. The second-order valence-electron chi connectivity index (χ2n) is 28.8. The summed E-state index contributed by atoms with van der Waals surface area (Å²) < 4.78 is 32.0. The molecule has 18 nitrogen and oxygen atoms in total. The summed E-state index contributed by atoms with van der Waals surface area (Å²) >= 11 is 0. The molecule has 6 aromatic rings. The van der Waals surface area contributed by atoms with E-state index in [0.29, 0.717) is 111 Å². The fourth-order valence-electron chi connectivity index (χ4n) is 13.4. The molecule has 0 saturated carbocycles. The number of fused-ring (bicyclic) bond motifs is 3. The molecule has 3 aliphatic carbocycles. The van der Waals surface area contributed by atoms with E-state index in [9.17, 15) is 35.1 Å². The Hall–Kier alpha value is -8.64. The Morgan fingerprint density at radius 3 is 1.11 bits per heavy atom. The van der Waals surface area contributed by atoms with Gasteiger partial charge in [-0.3, -0.25) is 14.4 Å². The number of benzene rings is 6. The molecule has 7 N–H and O–H groups in total. The third-order valence-corrected chi connectivity index (χ3v) is 18.1. The van der Waals surface area contributed by atoms with Crippen LogP contribution in [0.25, 0.3) is 0 Å². The molecule has 18 heteroatoms. The van der Waals surface area contributed by atoms with Gasteiger partial charge in [-0.2, -0.15) is 15.8 Å².